The molecule has 1 N–H and O–H groups in total. The summed E-state index contributed by atoms with van der Waals surface area (Å²) >= 11 is 6.75. The van der Waals surface area contributed by atoms with Gasteiger partial charge in [-0.3, -0.25) is 24.2 Å². The van der Waals surface area contributed by atoms with Crippen LogP contribution in [0.2, 0.25) is 0 Å². The molecule has 2 aliphatic rings. The maximum Gasteiger partial charge on any atom is 0.267 e. The fourth-order valence-electron chi connectivity index (χ4n) is 4.40. The van der Waals surface area contributed by atoms with Crippen molar-refractivity contribution >= 4 is 63.0 Å². The van der Waals surface area contributed by atoms with Crippen LogP contribution in [0.4, 0.5) is 11.4 Å². The number of thiocarbonyl (C=S) groups is 1. The molecule has 1 atom stereocenters. The van der Waals surface area contributed by atoms with Crippen molar-refractivity contribution in [1.82, 2.24) is 4.90 Å². The maximum absolute atomic E-state index is 13.6. The van der Waals surface area contributed by atoms with Gasteiger partial charge in [0.1, 0.15) is 10.9 Å². The van der Waals surface area contributed by atoms with Gasteiger partial charge in [0.25, 0.3) is 11.8 Å². The highest BCUT2D eigenvalue weighted by molar-refractivity contribution is 8.26. The largest absolute Gasteiger partial charge is 0.325 e. The third kappa shape index (κ3) is 5.33. The number of amides is 3. The van der Waals surface area contributed by atoms with Crippen LogP contribution in [0.3, 0.4) is 0 Å². The monoisotopic (exact) mass is 507 g/mol. The van der Waals surface area contributed by atoms with Crippen LogP contribution in [0, 0.1) is 5.92 Å². The van der Waals surface area contributed by atoms with Crippen LogP contribution in [0.25, 0.3) is 5.57 Å². The minimum Gasteiger partial charge on any atom is -0.325 e. The maximum atomic E-state index is 13.6. The van der Waals surface area contributed by atoms with Crippen LogP contribution in [0.5, 0.6) is 0 Å². The Balaban J connectivity index is 1.59. The Hall–Kier alpha value is -2.97. The Labute approximate surface area is 215 Å². The van der Waals surface area contributed by atoms with E-state index in [2.05, 4.69) is 19.2 Å². The number of para-hydroxylation sites is 2. The molecule has 2 heterocycles. The molecule has 0 saturated carbocycles. The van der Waals surface area contributed by atoms with Crippen LogP contribution in [0.15, 0.2) is 59.5 Å². The van der Waals surface area contributed by atoms with Gasteiger partial charge in [-0.25, -0.2) is 0 Å². The van der Waals surface area contributed by atoms with Crippen molar-refractivity contribution in [2.45, 2.75) is 39.5 Å². The molecule has 1 fully saturated rings. The lowest BCUT2D eigenvalue weighted by molar-refractivity contribution is -0.123. The van der Waals surface area contributed by atoms with Crippen molar-refractivity contribution in [1.29, 1.82) is 0 Å². The molecular weight excluding hydrogens is 478 g/mol. The van der Waals surface area contributed by atoms with Crippen LogP contribution < -0.4 is 10.2 Å². The average Bonchev–Trinajstić information content (AvgIpc) is 3.29. The molecule has 182 valence electrons. The second-order valence-corrected chi connectivity index (χ2v) is 10.4. The lowest BCUT2D eigenvalue weighted by atomic mass is 9.98. The second kappa shape index (κ2) is 11.2. The third-order valence-electron chi connectivity index (χ3n) is 6.34. The molecule has 0 aliphatic carbocycles. The van der Waals surface area contributed by atoms with Gasteiger partial charge in [0.05, 0.1) is 16.2 Å². The number of thioether (sulfide) groups is 1. The fraction of sp³-hybridized carbons (Fsp3) is 0.333. The van der Waals surface area contributed by atoms with Gasteiger partial charge < -0.3 is 5.32 Å². The summed E-state index contributed by atoms with van der Waals surface area (Å²) in [4.78, 5) is 43.2. The molecule has 3 amide bonds. The minimum atomic E-state index is -0.354. The Morgan fingerprint density at radius 3 is 2.43 bits per heavy atom. The Morgan fingerprint density at radius 1 is 1.00 bits per heavy atom. The summed E-state index contributed by atoms with van der Waals surface area (Å²) in [5.74, 6) is -0.516. The number of nitrogens with one attached hydrogen (secondary N) is 1. The fourth-order valence-corrected chi connectivity index (χ4v) is 5.75. The standard InChI is InChI=1S/C27H29N3O3S2/c1-3-5-11-18(4-2)16-30-26(33)24(35-27(30)34)23-20-14-9-10-15-21(20)29(25(23)32)17-22(31)28-19-12-7-6-8-13-19/h6-10,12-15,18H,3-5,11,16-17H2,1-2H3,(H,28,31)/b24-23-. The van der Waals surface area contributed by atoms with E-state index in [0.29, 0.717) is 44.2 Å². The molecule has 2 aliphatic heterocycles. The summed E-state index contributed by atoms with van der Waals surface area (Å²) in [5, 5.41) is 2.82. The molecule has 35 heavy (non-hydrogen) atoms. The van der Waals surface area contributed by atoms with Crippen LogP contribution >= 0.6 is 24.0 Å². The molecule has 2 aromatic carbocycles. The number of unbranched alkanes of at least 4 members (excludes halogenated alkanes) is 1. The van der Waals surface area contributed by atoms with Crippen molar-refractivity contribution in [3.8, 4) is 0 Å². The van der Waals surface area contributed by atoms with Crippen molar-refractivity contribution in [2.75, 3.05) is 23.3 Å². The van der Waals surface area contributed by atoms with Crippen molar-refractivity contribution in [3.63, 3.8) is 0 Å². The Morgan fingerprint density at radius 2 is 1.71 bits per heavy atom. The molecule has 8 heteroatoms. The van der Waals surface area contributed by atoms with E-state index in [1.165, 1.54) is 16.7 Å². The van der Waals surface area contributed by atoms with Crippen LogP contribution in [-0.4, -0.2) is 40.0 Å². The van der Waals surface area contributed by atoms with Crippen molar-refractivity contribution in [3.05, 3.63) is 65.1 Å². The van der Waals surface area contributed by atoms with E-state index in [9.17, 15) is 14.4 Å². The molecular formula is C27H29N3O3S2. The second-order valence-electron chi connectivity index (χ2n) is 8.73. The Bertz CT molecular complexity index is 1180. The average molecular weight is 508 g/mol. The van der Waals surface area contributed by atoms with Crippen LogP contribution in [0.1, 0.15) is 45.1 Å². The number of benzene rings is 2. The lowest BCUT2D eigenvalue weighted by Crippen LogP contribution is -2.36. The molecule has 1 saturated heterocycles. The molecule has 0 radical (unpaired) electrons. The normalized spacial score (nSPS) is 18.3. The van der Waals surface area contributed by atoms with Gasteiger partial charge in [-0.15, -0.1) is 0 Å². The topological polar surface area (TPSA) is 69.7 Å². The molecule has 6 nitrogen and oxygen atoms in total. The number of nitrogens with zero attached hydrogens (tertiary/aromatic N) is 2. The number of anilines is 2. The predicted octanol–water partition coefficient (Wildman–Crippen LogP) is 5.46. The lowest BCUT2D eigenvalue weighted by Gasteiger charge is -2.21. The summed E-state index contributed by atoms with van der Waals surface area (Å²) in [5.41, 5.74) is 2.26. The first-order valence-electron chi connectivity index (χ1n) is 12.0. The zero-order valence-corrected chi connectivity index (χ0v) is 21.6. The highest BCUT2D eigenvalue weighted by Crippen LogP contribution is 2.44. The zero-order valence-electron chi connectivity index (χ0n) is 20.0. The summed E-state index contributed by atoms with van der Waals surface area (Å²) in [6.07, 6.45) is 4.23. The number of rotatable bonds is 9. The van der Waals surface area contributed by atoms with E-state index in [1.54, 1.807) is 23.1 Å². The minimum absolute atomic E-state index is 0.149. The first kappa shape index (κ1) is 25.1. The van der Waals surface area contributed by atoms with Crippen molar-refractivity contribution < 1.29 is 14.4 Å². The van der Waals surface area contributed by atoms with Gasteiger partial charge in [-0.2, -0.15) is 0 Å². The smallest absolute Gasteiger partial charge is 0.267 e. The van der Waals surface area contributed by atoms with E-state index in [0.717, 1.165) is 25.7 Å². The summed E-state index contributed by atoms with van der Waals surface area (Å²) < 4.78 is 0.484. The van der Waals surface area contributed by atoms with E-state index in [-0.39, 0.29) is 24.3 Å². The molecule has 0 aromatic heterocycles. The predicted molar refractivity (Wildman–Crippen MR) is 146 cm³/mol. The van der Waals surface area contributed by atoms with Gasteiger partial charge in [-0.05, 0) is 30.5 Å². The Kier molecular flexibility index (Phi) is 8.03. The highest BCUT2D eigenvalue weighted by Gasteiger charge is 2.42. The molecule has 0 bridgehead atoms. The zero-order chi connectivity index (χ0) is 24.9. The van der Waals surface area contributed by atoms with E-state index >= 15 is 0 Å². The summed E-state index contributed by atoms with van der Waals surface area (Å²) in [6.45, 7) is 4.71. The summed E-state index contributed by atoms with van der Waals surface area (Å²) in [7, 11) is 0. The first-order chi connectivity index (χ1) is 16.9. The van der Waals surface area contributed by atoms with Crippen molar-refractivity contribution in [2.24, 2.45) is 5.92 Å². The number of carbonyl (C=O) groups is 3. The number of hydrogen-bond donors (Lipinski definition) is 1. The summed E-state index contributed by atoms with van der Waals surface area (Å²) in [6, 6.07) is 16.4. The van der Waals surface area contributed by atoms with Gasteiger partial charge >= 0.3 is 0 Å². The third-order valence-corrected chi connectivity index (χ3v) is 7.79. The van der Waals surface area contributed by atoms with E-state index in [1.807, 2.05) is 36.4 Å². The number of hydrogen-bond acceptors (Lipinski definition) is 5. The molecule has 1 unspecified atom stereocenters. The van der Waals surface area contributed by atoms with Gasteiger partial charge in [0, 0.05) is 17.8 Å². The molecule has 4 rings (SSSR count). The number of carbonyl (C=O) groups excluding carboxylic acids is 3. The molecule has 0 spiro atoms. The van der Waals surface area contributed by atoms with Gasteiger partial charge in [-0.1, -0.05) is 93.5 Å². The SMILES string of the molecule is CCCCC(CC)CN1C(=O)/C(=C2/C(=O)N(CC(=O)Nc3ccccc3)c3ccccc32)SC1=S. The van der Waals surface area contributed by atoms with E-state index < -0.39 is 0 Å². The first-order valence-corrected chi connectivity index (χ1v) is 13.2. The quantitative estimate of drug-likeness (QED) is 0.361. The number of fused-ring (bicyclic) bond motifs is 1. The molecule has 2 aromatic rings. The van der Waals surface area contributed by atoms with E-state index in [4.69, 9.17) is 12.2 Å². The van der Waals surface area contributed by atoms with Gasteiger partial charge in [0.15, 0.2) is 0 Å². The highest BCUT2D eigenvalue weighted by atomic mass is 32.2. The van der Waals surface area contributed by atoms with Gasteiger partial charge in [0.2, 0.25) is 5.91 Å². The van der Waals surface area contributed by atoms with Crippen LogP contribution in [-0.2, 0) is 14.4 Å².